The number of halogens is 1. The van der Waals surface area contributed by atoms with Gasteiger partial charge >= 0.3 is 0 Å². The number of nitrogens with one attached hydrogen (secondary N) is 1. The van der Waals surface area contributed by atoms with Crippen molar-refractivity contribution in [1.29, 1.82) is 0 Å². The van der Waals surface area contributed by atoms with E-state index >= 15 is 0 Å². The van der Waals surface area contributed by atoms with Crippen LogP contribution in [-0.4, -0.2) is 33.5 Å². The number of thioether (sulfide) groups is 1. The molecule has 1 heterocycles. The van der Waals surface area contributed by atoms with Gasteiger partial charge in [0.1, 0.15) is 12.4 Å². The molecule has 0 spiro atoms. The summed E-state index contributed by atoms with van der Waals surface area (Å²) in [6.07, 6.45) is 5.91. The lowest BCUT2D eigenvalue weighted by Gasteiger charge is -2.25. The third kappa shape index (κ3) is 5.17. The number of hydrogen-bond donors (Lipinski definition) is 1. The lowest BCUT2D eigenvalue weighted by molar-refractivity contribution is -0.118. The van der Waals surface area contributed by atoms with E-state index in [1.54, 1.807) is 7.05 Å². The Balaban J connectivity index is 1.78. The molecule has 0 saturated heterocycles. The standard InChI is InChI=1S/C19H25ClN4O2S/c1-13-10-14(20)8-9-16(13)26-11-17-22-23-19(27-12-18(25)21-2)24(17)15-6-4-3-5-7-15/h8-10,15H,3-7,11-12H2,1-2H3,(H,21,25). The van der Waals surface area contributed by atoms with Crippen molar-refractivity contribution in [2.75, 3.05) is 12.8 Å². The molecule has 146 valence electrons. The summed E-state index contributed by atoms with van der Waals surface area (Å²) in [5, 5.41) is 12.8. The Labute approximate surface area is 169 Å². The Morgan fingerprint density at radius 1 is 1.33 bits per heavy atom. The van der Waals surface area contributed by atoms with Gasteiger partial charge in [-0.1, -0.05) is 42.6 Å². The zero-order valence-corrected chi connectivity index (χ0v) is 17.3. The Morgan fingerprint density at radius 2 is 2.11 bits per heavy atom. The molecule has 0 aliphatic heterocycles. The molecule has 0 atom stereocenters. The van der Waals surface area contributed by atoms with E-state index in [1.165, 1.54) is 31.0 Å². The first-order valence-corrected chi connectivity index (χ1v) is 10.6. The topological polar surface area (TPSA) is 69.0 Å². The minimum atomic E-state index is -0.0206. The summed E-state index contributed by atoms with van der Waals surface area (Å²) in [7, 11) is 1.64. The van der Waals surface area contributed by atoms with Gasteiger partial charge in [-0.25, -0.2) is 0 Å². The van der Waals surface area contributed by atoms with E-state index in [0.717, 1.165) is 35.1 Å². The molecule has 2 aromatic rings. The maximum Gasteiger partial charge on any atom is 0.230 e. The number of ether oxygens (including phenoxy) is 1. The number of aromatic nitrogens is 3. The Morgan fingerprint density at radius 3 is 2.81 bits per heavy atom. The molecule has 0 radical (unpaired) electrons. The first kappa shape index (κ1) is 20.0. The molecule has 8 heteroatoms. The van der Waals surface area contributed by atoms with Gasteiger partial charge in [-0.05, 0) is 43.5 Å². The third-order valence-electron chi connectivity index (χ3n) is 4.78. The zero-order chi connectivity index (χ0) is 19.2. The average Bonchev–Trinajstić information content (AvgIpc) is 3.09. The van der Waals surface area contributed by atoms with Gasteiger partial charge in [-0.2, -0.15) is 0 Å². The quantitative estimate of drug-likeness (QED) is 0.696. The lowest BCUT2D eigenvalue weighted by Crippen LogP contribution is -2.21. The molecule has 6 nitrogen and oxygen atoms in total. The fourth-order valence-electron chi connectivity index (χ4n) is 3.33. The largest absolute Gasteiger partial charge is 0.485 e. The van der Waals surface area contributed by atoms with E-state index in [9.17, 15) is 4.79 Å². The number of hydrogen-bond acceptors (Lipinski definition) is 5. The van der Waals surface area contributed by atoms with Gasteiger partial charge in [0.05, 0.1) is 5.75 Å². The highest BCUT2D eigenvalue weighted by molar-refractivity contribution is 7.99. The zero-order valence-electron chi connectivity index (χ0n) is 15.7. The van der Waals surface area contributed by atoms with Crippen molar-refractivity contribution >= 4 is 29.3 Å². The fourth-order valence-corrected chi connectivity index (χ4v) is 4.45. The molecule has 1 N–H and O–H groups in total. The lowest BCUT2D eigenvalue weighted by atomic mass is 9.95. The van der Waals surface area contributed by atoms with Crippen LogP contribution >= 0.6 is 23.4 Å². The summed E-state index contributed by atoms with van der Waals surface area (Å²) in [6.45, 7) is 2.31. The Kier molecular flexibility index (Phi) is 7.01. The summed E-state index contributed by atoms with van der Waals surface area (Å²) in [5.41, 5.74) is 0.987. The van der Waals surface area contributed by atoms with Crippen molar-refractivity contribution < 1.29 is 9.53 Å². The molecular formula is C19H25ClN4O2S. The first-order chi connectivity index (χ1) is 13.1. The number of carbonyl (C=O) groups is 1. The molecule has 0 unspecified atom stereocenters. The maximum absolute atomic E-state index is 11.6. The number of aryl methyl sites for hydroxylation is 1. The molecular weight excluding hydrogens is 384 g/mol. The van der Waals surface area contributed by atoms with Crippen LogP contribution in [0.5, 0.6) is 5.75 Å². The number of rotatable bonds is 7. The molecule has 1 aromatic carbocycles. The summed E-state index contributed by atoms with van der Waals surface area (Å²) < 4.78 is 8.18. The van der Waals surface area contributed by atoms with Crippen LogP contribution in [0.25, 0.3) is 0 Å². The molecule has 27 heavy (non-hydrogen) atoms. The van der Waals surface area contributed by atoms with Crippen LogP contribution in [0.4, 0.5) is 0 Å². The van der Waals surface area contributed by atoms with E-state index in [2.05, 4.69) is 20.1 Å². The summed E-state index contributed by atoms with van der Waals surface area (Å²) in [6, 6.07) is 5.94. The van der Waals surface area contributed by atoms with Gasteiger partial charge in [-0.15, -0.1) is 10.2 Å². The number of amides is 1. The van der Waals surface area contributed by atoms with Crippen molar-refractivity contribution in [2.24, 2.45) is 0 Å². The molecule has 1 fully saturated rings. The number of nitrogens with zero attached hydrogens (tertiary/aromatic N) is 3. The highest BCUT2D eigenvalue weighted by Gasteiger charge is 2.23. The maximum atomic E-state index is 11.6. The highest BCUT2D eigenvalue weighted by Crippen LogP contribution is 2.33. The van der Waals surface area contributed by atoms with Crippen LogP contribution in [0, 0.1) is 6.92 Å². The van der Waals surface area contributed by atoms with Gasteiger partial charge in [0.15, 0.2) is 11.0 Å². The van der Waals surface area contributed by atoms with Crippen molar-refractivity contribution in [2.45, 2.75) is 56.8 Å². The van der Waals surface area contributed by atoms with Gasteiger partial charge in [-0.3, -0.25) is 9.36 Å². The van der Waals surface area contributed by atoms with Crippen LogP contribution in [0.1, 0.15) is 49.5 Å². The van der Waals surface area contributed by atoms with Gasteiger partial charge in [0, 0.05) is 18.1 Å². The minimum Gasteiger partial charge on any atom is -0.485 e. The van der Waals surface area contributed by atoms with Crippen LogP contribution in [0.2, 0.25) is 5.02 Å². The van der Waals surface area contributed by atoms with Crippen LogP contribution in [0.3, 0.4) is 0 Å². The fraction of sp³-hybridized carbons (Fsp3) is 0.526. The summed E-state index contributed by atoms with van der Waals surface area (Å²) in [4.78, 5) is 11.6. The van der Waals surface area contributed by atoms with Gasteiger partial charge in [0.2, 0.25) is 5.91 Å². The van der Waals surface area contributed by atoms with Crippen molar-refractivity contribution in [3.8, 4) is 5.75 Å². The second kappa shape index (κ2) is 9.46. The van der Waals surface area contributed by atoms with Gasteiger partial charge < -0.3 is 10.1 Å². The van der Waals surface area contributed by atoms with Gasteiger partial charge in [0.25, 0.3) is 0 Å². The van der Waals surface area contributed by atoms with Crippen LogP contribution in [0.15, 0.2) is 23.4 Å². The molecule has 1 saturated carbocycles. The molecule has 0 bridgehead atoms. The normalized spacial score (nSPS) is 14.9. The average molecular weight is 409 g/mol. The smallest absolute Gasteiger partial charge is 0.230 e. The van der Waals surface area contributed by atoms with E-state index < -0.39 is 0 Å². The van der Waals surface area contributed by atoms with Crippen molar-refractivity contribution in [3.05, 3.63) is 34.6 Å². The monoisotopic (exact) mass is 408 g/mol. The predicted molar refractivity (Wildman–Crippen MR) is 107 cm³/mol. The predicted octanol–water partition coefficient (Wildman–Crippen LogP) is 4.16. The third-order valence-corrected chi connectivity index (χ3v) is 5.96. The second-order valence-electron chi connectivity index (χ2n) is 6.72. The summed E-state index contributed by atoms with van der Waals surface area (Å²) in [5.74, 6) is 1.90. The molecule has 3 rings (SSSR count). The highest BCUT2D eigenvalue weighted by atomic mass is 35.5. The van der Waals surface area contributed by atoms with Crippen molar-refractivity contribution in [3.63, 3.8) is 0 Å². The van der Waals surface area contributed by atoms with E-state index in [0.29, 0.717) is 23.4 Å². The summed E-state index contributed by atoms with van der Waals surface area (Å²) >= 11 is 7.44. The number of carbonyl (C=O) groups excluding carboxylic acids is 1. The van der Waals surface area contributed by atoms with Crippen molar-refractivity contribution in [1.82, 2.24) is 20.1 Å². The second-order valence-corrected chi connectivity index (χ2v) is 8.10. The molecule has 1 aliphatic rings. The van der Waals surface area contributed by atoms with Crippen LogP contribution in [-0.2, 0) is 11.4 Å². The van der Waals surface area contributed by atoms with E-state index in [4.69, 9.17) is 16.3 Å². The Hall–Kier alpha value is -1.73. The first-order valence-electron chi connectivity index (χ1n) is 9.24. The Bertz CT molecular complexity index is 790. The molecule has 1 aromatic heterocycles. The molecule has 1 aliphatic carbocycles. The van der Waals surface area contributed by atoms with E-state index in [-0.39, 0.29) is 5.91 Å². The minimum absolute atomic E-state index is 0.0206. The number of benzene rings is 1. The molecule has 1 amide bonds. The van der Waals surface area contributed by atoms with Crippen LogP contribution < -0.4 is 10.1 Å². The van der Waals surface area contributed by atoms with E-state index in [1.807, 2.05) is 25.1 Å². The SMILES string of the molecule is CNC(=O)CSc1nnc(COc2ccc(Cl)cc2C)n1C1CCCCC1.